The van der Waals surface area contributed by atoms with Crippen molar-refractivity contribution in [2.24, 2.45) is 0 Å². The molecular formula is C26H32N2O3. The first-order valence-electron chi connectivity index (χ1n) is 11.5. The third kappa shape index (κ3) is 5.54. The van der Waals surface area contributed by atoms with E-state index in [4.69, 9.17) is 9.15 Å². The summed E-state index contributed by atoms with van der Waals surface area (Å²) >= 11 is 0. The summed E-state index contributed by atoms with van der Waals surface area (Å²) in [5.74, 6) is 1.09. The van der Waals surface area contributed by atoms with E-state index in [2.05, 4.69) is 30.4 Å². The van der Waals surface area contributed by atoms with E-state index in [9.17, 15) is 4.79 Å². The monoisotopic (exact) mass is 420 g/mol. The van der Waals surface area contributed by atoms with Crippen LogP contribution in [0.5, 0.6) is 0 Å². The Morgan fingerprint density at radius 3 is 2.52 bits per heavy atom. The van der Waals surface area contributed by atoms with Crippen LogP contribution in [0.2, 0.25) is 0 Å². The van der Waals surface area contributed by atoms with Crippen molar-refractivity contribution in [3.8, 4) is 11.1 Å². The number of unbranched alkanes of at least 4 members (excludes halogenated alkanes) is 2. The van der Waals surface area contributed by atoms with Gasteiger partial charge in [-0.2, -0.15) is 0 Å². The molecule has 1 fully saturated rings. The van der Waals surface area contributed by atoms with Crippen molar-refractivity contribution in [2.45, 2.75) is 32.6 Å². The molecule has 0 saturated carbocycles. The molecule has 1 N–H and O–H groups in total. The molecule has 0 unspecified atom stereocenters. The Morgan fingerprint density at radius 2 is 1.74 bits per heavy atom. The minimum absolute atomic E-state index is 0.0769. The topological polar surface area (TPSA) is 54.7 Å². The van der Waals surface area contributed by atoms with Crippen LogP contribution in [0.4, 0.5) is 0 Å². The summed E-state index contributed by atoms with van der Waals surface area (Å²) in [4.78, 5) is 14.5. The van der Waals surface area contributed by atoms with E-state index in [-0.39, 0.29) is 5.91 Å². The van der Waals surface area contributed by atoms with Gasteiger partial charge < -0.3 is 19.4 Å². The maximum absolute atomic E-state index is 12.6. The second-order valence-electron chi connectivity index (χ2n) is 8.15. The minimum atomic E-state index is 0.0769. The van der Waals surface area contributed by atoms with Crippen molar-refractivity contribution in [3.05, 3.63) is 59.9 Å². The Balaban J connectivity index is 1.39. The van der Waals surface area contributed by atoms with Gasteiger partial charge in [-0.05, 0) is 54.4 Å². The molecule has 2 heterocycles. The molecule has 31 heavy (non-hydrogen) atoms. The largest absolute Gasteiger partial charge is 0.461 e. The summed E-state index contributed by atoms with van der Waals surface area (Å²) in [6.07, 6.45) is 4.66. The molecule has 5 heteroatoms. The van der Waals surface area contributed by atoms with Crippen molar-refractivity contribution in [1.82, 2.24) is 10.2 Å². The van der Waals surface area contributed by atoms with Gasteiger partial charge in [-0.1, -0.05) is 38.0 Å². The van der Waals surface area contributed by atoms with Gasteiger partial charge >= 0.3 is 0 Å². The number of rotatable bonds is 9. The zero-order chi connectivity index (χ0) is 21.5. The lowest BCUT2D eigenvalue weighted by Crippen LogP contribution is -2.40. The van der Waals surface area contributed by atoms with Crippen LogP contribution in [0.15, 0.2) is 52.9 Å². The number of hydrogen-bond donors (Lipinski definition) is 1. The molecule has 0 bridgehead atoms. The number of hydrogen-bond acceptors (Lipinski definition) is 4. The van der Waals surface area contributed by atoms with Gasteiger partial charge in [0.15, 0.2) is 0 Å². The van der Waals surface area contributed by atoms with Crippen LogP contribution in [-0.2, 0) is 11.2 Å². The number of nitrogens with zero attached hydrogens (tertiary/aromatic N) is 1. The maximum Gasteiger partial charge on any atom is 0.254 e. The predicted molar refractivity (Wildman–Crippen MR) is 124 cm³/mol. The van der Waals surface area contributed by atoms with E-state index >= 15 is 0 Å². The van der Waals surface area contributed by atoms with Gasteiger partial charge in [-0.3, -0.25) is 4.79 Å². The molecule has 164 valence electrons. The average Bonchev–Trinajstić information content (AvgIpc) is 3.23. The number of furan rings is 1. The second kappa shape index (κ2) is 10.6. The van der Waals surface area contributed by atoms with Gasteiger partial charge in [0.1, 0.15) is 11.3 Å². The van der Waals surface area contributed by atoms with E-state index in [0.717, 1.165) is 52.9 Å². The summed E-state index contributed by atoms with van der Waals surface area (Å²) in [7, 11) is 0. The second-order valence-corrected chi connectivity index (χ2v) is 8.15. The third-order valence-corrected chi connectivity index (χ3v) is 5.84. The molecule has 0 aliphatic carbocycles. The molecular weight excluding hydrogens is 388 g/mol. The molecule has 1 amide bonds. The normalized spacial score (nSPS) is 14.3. The minimum Gasteiger partial charge on any atom is -0.461 e. The predicted octanol–water partition coefficient (Wildman–Crippen LogP) is 4.89. The summed E-state index contributed by atoms with van der Waals surface area (Å²) in [6.45, 7) is 6.79. The number of ether oxygens (including phenoxy) is 1. The zero-order valence-electron chi connectivity index (χ0n) is 18.4. The molecule has 1 aliphatic rings. The third-order valence-electron chi connectivity index (χ3n) is 5.84. The average molecular weight is 421 g/mol. The smallest absolute Gasteiger partial charge is 0.254 e. The van der Waals surface area contributed by atoms with Crippen molar-refractivity contribution in [2.75, 3.05) is 39.4 Å². The van der Waals surface area contributed by atoms with Gasteiger partial charge in [0, 0.05) is 37.0 Å². The molecule has 4 rings (SSSR count). The molecule has 2 aromatic carbocycles. The highest BCUT2D eigenvalue weighted by molar-refractivity contribution is 5.95. The molecule has 3 aromatic rings. The number of carbonyl (C=O) groups is 1. The number of fused-ring (bicyclic) bond motifs is 1. The van der Waals surface area contributed by atoms with Gasteiger partial charge in [-0.25, -0.2) is 0 Å². The highest BCUT2D eigenvalue weighted by Gasteiger charge is 2.18. The summed E-state index contributed by atoms with van der Waals surface area (Å²) in [5, 5.41) is 4.61. The van der Waals surface area contributed by atoms with Crippen LogP contribution in [0.3, 0.4) is 0 Å². The maximum atomic E-state index is 12.6. The SMILES string of the molecule is CCCCCNCCc1cc2cc(-c3ccc(C(=O)N4CCOCC4)cc3)ccc2o1. The lowest BCUT2D eigenvalue weighted by Gasteiger charge is -2.26. The number of nitrogens with one attached hydrogen (secondary N) is 1. The van der Waals surface area contributed by atoms with Gasteiger partial charge in [0.05, 0.1) is 13.2 Å². The molecule has 1 aromatic heterocycles. The number of carbonyl (C=O) groups excluding carboxylic acids is 1. The van der Waals surface area contributed by atoms with Crippen LogP contribution >= 0.6 is 0 Å². The molecule has 5 nitrogen and oxygen atoms in total. The van der Waals surface area contributed by atoms with Gasteiger partial charge in [-0.15, -0.1) is 0 Å². The number of morpholine rings is 1. The first kappa shape index (κ1) is 21.6. The van der Waals surface area contributed by atoms with Gasteiger partial charge in [0.25, 0.3) is 5.91 Å². The van der Waals surface area contributed by atoms with Crippen LogP contribution in [0, 0.1) is 0 Å². The van der Waals surface area contributed by atoms with E-state index in [1.165, 1.54) is 19.3 Å². The molecule has 0 atom stereocenters. The van der Waals surface area contributed by atoms with Crippen molar-refractivity contribution in [3.63, 3.8) is 0 Å². The number of benzene rings is 2. The fraction of sp³-hybridized carbons (Fsp3) is 0.423. The van der Waals surface area contributed by atoms with Crippen LogP contribution in [0.1, 0.15) is 42.3 Å². The van der Waals surface area contributed by atoms with E-state index in [0.29, 0.717) is 26.3 Å². The van der Waals surface area contributed by atoms with Crippen LogP contribution in [-0.4, -0.2) is 50.2 Å². The Morgan fingerprint density at radius 1 is 0.968 bits per heavy atom. The zero-order valence-corrected chi connectivity index (χ0v) is 18.4. The molecule has 1 aliphatic heterocycles. The number of amides is 1. The fourth-order valence-electron chi connectivity index (χ4n) is 3.99. The van der Waals surface area contributed by atoms with Crippen LogP contribution in [0.25, 0.3) is 22.1 Å². The highest BCUT2D eigenvalue weighted by atomic mass is 16.5. The Labute approximate surface area is 184 Å². The molecule has 0 radical (unpaired) electrons. The summed E-state index contributed by atoms with van der Waals surface area (Å²) in [5.41, 5.74) is 3.87. The Hall–Kier alpha value is -2.63. The lowest BCUT2D eigenvalue weighted by atomic mass is 10.0. The highest BCUT2D eigenvalue weighted by Crippen LogP contribution is 2.27. The van der Waals surface area contributed by atoms with Crippen molar-refractivity contribution >= 4 is 16.9 Å². The Bertz CT molecular complexity index is 988. The summed E-state index contributed by atoms with van der Waals surface area (Å²) < 4.78 is 11.3. The first-order valence-corrected chi connectivity index (χ1v) is 11.5. The molecule has 0 spiro atoms. The first-order chi connectivity index (χ1) is 15.2. The lowest BCUT2D eigenvalue weighted by molar-refractivity contribution is 0.0303. The van der Waals surface area contributed by atoms with Crippen LogP contribution < -0.4 is 5.32 Å². The van der Waals surface area contributed by atoms with Crippen molar-refractivity contribution < 1.29 is 13.9 Å². The summed E-state index contributed by atoms with van der Waals surface area (Å²) in [6, 6.07) is 16.3. The standard InChI is InChI=1S/C26H32N2O3/c1-2-3-4-12-27-13-11-24-19-23-18-22(9-10-25(23)31-24)20-5-7-21(8-6-20)26(29)28-14-16-30-17-15-28/h5-10,18-19,27H,2-4,11-17H2,1H3. The van der Waals surface area contributed by atoms with Crippen molar-refractivity contribution in [1.29, 1.82) is 0 Å². The fourth-order valence-corrected chi connectivity index (χ4v) is 3.99. The van der Waals surface area contributed by atoms with E-state index in [1.807, 2.05) is 35.2 Å². The van der Waals surface area contributed by atoms with E-state index < -0.39 is 0 Å². The van der Waals surface area contributed by atoms with Gasteiger partial charge in [0.2, 0.25) is 0 Å². The quantitative estimate of drug-likeness (QED) is 0.501. The molecule has 1 saturated heterocycles. The van der Waals surface area contributed by atoms with E-state index in [1.54, 1.807) is 0 Å². The Kier molecular flexibility index (Phi) is 7.39.